The molecule has 0 N–H and O–H groups in total. The molecule has 0 aliphatic carbocycles. The fourth-order valence-electron chi connectivity index (χ4n) is 3.21. The molecule has 2 heterocycles. The molecule has 0 atom stereocenters. The average Bonchev–Trinajstić information content (AvgIpc) is 3.20. The molecule has 0 fully saturated rings. The van der Waals surface area contributed by atoms with Crippen molar-refractivity contribution in [2.45, 2.75) is 37.5 Å². The molecule has 0 unspecified atom stereocenters. The van der Waals surface area contributed by atoms with Crippen molar-refractivity contribution < 1.29 is 4.79 Å². The Morgan fingerprint density at radius 2 is 1.94 bits per heavy atom. The first kappa shape index (κ1) is 21.8. The van der Waals surface area contributed by atoms with E-state index in [0.717, 1.165) is 26.2 Å². The number of fused-ring (bicyclic) bond motifs is 1. The molecular formula is C24H22ClN3OS2. The first-order valence-corrected chi connectivity index (χ1v) is 12.0. The number of thiazole rings is 1. The second-order valence-corrected chi connectivity index (χ2v) is 10.5. The molecule has 7 heteroatoms. The van der Waals surface area contributed by atoms with E-state index in [9.17, 15) is 4.79 Å². The summed E-state index contributed by atoms with van der Waals surface area (Å²) in [5.41, 5.74) is 3.33. The number of carbonyl (C=O) groups is 1. The Hall–Kier alpha value is -2.41. The van der Waals surface area contributed by atoms with Gasteiger partial charge in [0.05, 0.1) is 16.8 Å². The highest BCUT2D eigenvalue weighted by Gasteiger charge is 2.23. The lowest BCUT2D eigenvalue weighted by Crippen LogP contribution is -2.30. The van der Waals surface area contributed by atoms with Crippen LogP contribution in [0.25, 0.3) is 10.2 Å². The molecule has 0 radical (unpaired) electrons. The largest absolute Gasteiger partial charge is 0.279 e. The van der Waals surface area contributed by atoms with E-state index < -0.39 is 0 Å². The SMILES string of the molecule is Cc1c(Cl)ccc2sc(N(Cc3cccnc3)C(=O)c3ccc(SC(C)C)cc3)nc12. The smallest absolute Gasteiger partial charge is 0.260 e. The van der Waals surface area contributed by atoms with Gasteiger partial charge in [-0.2, -0.15) is 0 Å². The van der Waals surface area contributed by atoms with Crippen molar-refractivity contribution in [3.8, 4) is 0 Å². The molecule has 4 aromatic rings. The summed E-state index contributed by atoms with van der Waals surface area (Å²) in [6.07, 6.45) is 3.50. The minimum Gasteiger partial charge on any atom is -0.279 e. The van der Waals surface area contributed by atoms with Crippen LogP contribution >= 0.6 is 34.7 Å². The lowest BCUT2D eigenvalue weighted by molar-refractivity contribution is 0.0985. The van der Waals surface area contributed by atoms with Gasteiger partial charge in [0.15, 0.2) is 5.13 Å². The summed E-state index contributed by atoms with van der Waals surface area (Å²) >= 11 is 9.56. The van der Waals surface area contributed by atoms with Crippen LogP contribution in [0.4, 0.5) is 5.13 Å². The molecule has 31 heavy (non-hydrogen) atoms. The van der Waals surface area contributed by atoms with E-state index in [-0.39, 0.29) is 5.91 Å². The van der Waals surface area contributed by atoms with E-state index >= 15 is 0 Å². The van der Waals surface area contributed by atoms with Gasteiger partial charge < -0.3 is 0 Å². The minimum absolute atomic E-state index is 0.0900. The molecule has 0 bridgehead atoms. The van der Waals surface area contributed by atoms with Gasteiger partial charge in [-0.3, -0.25) is 14.7 Å². The Morgan fingerprint density at radius 3 is 2.61 bits per heavy atom. The number of hydrogen-bond acceptors (Lipinski definition) is 5. The van der Waals surface area contributed by atoms with Crippen LogP contribution in [0, 0.1) is 6.92 Å². The predicted molar refractivity (Wildman–Crippen MR) is 132 cm³/mol. The van der Waals surface area contributed by atoms with Gasteiger partial charge in [-0.25, -0.2) is 4.98 Å². The van der Waals surface area contributed by atoms with Crippen LogP contribution in [-0.2, 0) is 6.54 Å². The Balaban J connectivity index is 1.72. The number of aromatic nitrogens is 2. The number of aryl methyl sites for hydroxylation is 1. The molecule has 2 aromatic heterocycles. The first-order chi connectivity index (χ1) is 14.9. The molecule has 4 rings (SSSR count). The van der Waals surface area contributed by atoms with Crippen molar-refractivity contribution in [1.82, 2.24) is 9.97 Å². The maximum absolute atomic E-state index is 13.6. The summed E-state index contributed by atoms with van der Waals surface area (Å²) in [5, 5.41) is 1.81. The zero-order valence-electron chi connectivity index (χ0n) is 17.5. The highest BCUT2D eigenvalue weighted by Crippen LogP contribution is 2.35. The molecule has 0 saturated heterocycles. The summed E-state index contributed by atoms with van der Waals surface area (Å²) in [5.74, 6) is -0.0900. The normalized spacial score (nSPS) is 11.3. The lowest BCUT2D eigenvalue weighted by atomic mass is 10.2. The van der Waals surface area contributed by atoms with Crippen molar-refractivity contribution in [3.63, 3.8) is 0 Å². The van der Waals surface area contributed by atoms with Crippen LogP contribution in [-0.4, -0.2) is 21.1 Å². The van der Waals surface area contributed by atoms with E-state index in [1.54, 1.807) is 29.1 Å². The second-order valence-electron chi connectivity index (χ2n) is 7.46. The molecule has 0 spiro atoms. The van der Waals surface area contributed by atoms with Gasteiger partial charge in [-0.15, -0.1) is 11.8 Å². The van der Waals surface area contributed by atoms with Crippen LogP contribution in [0.3, 0.4) is 0 Å². The van der Waals surface area contributed by atoms with Crippen LogP contribution < -0.4 is 4.90 Å². The fraction of sp³-hybridized carbons (Fsp3) is 0.208. The molecule has 0 aliphatic rings. The van der Waals surface area contributed by atoms with E-state index in [1.165, 1.54) is 11.3 Å². The van der Waals surface area contributed by atoms with Crippen molar-refractivity contribution in [1.29, 1.82) is 0 Å². The third-order valence-electron chi connectivity index (χ3n) is 4.75. The van der Waals surface area contributed by atoms with Crippen molar-refractivity contribution in [2.24, 2.45) is 0 Å². The summed E-state index contributed by atoms with van der Waals surface area (Å²) in [4.78, 5) is 25.4. The standard InChI is InChI=1S/C24H22ClN3OS2/c1-15(2)30-19-8-6-18(7-9-19)23(29)28(14-17-5-4-12-26-13-17)24-27-22-16(3)20(25)10-11-21(22)31-24/h4-13,15H,14H2,1-3H3. The number of halogens is 1. The van der Waals surface area contributed by atoms with E-state index in [4.69, 9.17) is 16.6 Å². The topological polar surface area (TPSA) is 46.1 Å². The van der Waals surface area contributed by atoms with E-state index in [2.05, 4.69) is 18.8 Å². The Bertz CT molecular complexity index is 1210. The number of thioether (sulfide) groups is 1. The van der Waals surface area contributed by atoms with Gasteiger partial charge in [0, 0.05) is 33.1 Å². The number of rotatable bonds is 6. The molecule has 158 valence electrons. The Morgan fingerprint density at radius 1 is 1.16 bits per heavy atom. The highest BCUT2D eigenvalue weighted by atomic mass is 35.5. The molecule has 4 nitrogen and oxygen atoms in total. The van der Waals surface area contributed by atoms with Crippen LogP contribution in [0.5, 0.6) is 0 Å². The van der Waals surface area contributed by atoms with Crippen LogP contribution in [0.2, 0.25) is 5.02 Å². The number of carbonyl (C=O) groups excluding carboxylic acids is 1. The number of anilines is 1. The Kier molecular flexibility index (Phi) is 6.60. The van der Waals surface area contributed by atoms with Gasteiger partial charge in [0.1, 0.15) is 0 Å². The zero-order valence-corrected chi connectivity index (χ0v) is 19.9. The van der Waals surface area contributed by atoms with Crippen molar-refractivity contribution in [3.05, 3.63) is 82.6 Å². The molecule has 0 aliphatic heterocycles. The quantitative estimate of drug-likeness (QED) is 0.286. The van der Waals surface area contributed by atoms with E-state index in [0.29, 0.717) is 27.5 Å². The fourth-order valence-corrected chi connectivity index (χ4v) is 5.22. The summed E-state index contributed by atoms with van der Waals surface area (Å²) in [6, 6.07) is 15.4. The molecular weight excluding hydrogens is 446 g/mol. The van der Waals surface area contributed by atoms with E-state index in [1.807, 2.05) is 55.5 Å². The molecule has 2 aromatic carbocycles. The maximum Gasteiger partial charge on any atom is 0.260 e. The van der Waals surface area contributed by atoms with Crippen LogP contribution in [0.1, 0.15) is 35.3 Å². The summed E-state index contributed by atoms with van der Waals surface area (Å²) < 4.78 is 1.00. The second kappa shape index (κ2) is 9.39. The van der Waals surface area contributed by atoms with Gasteiger partial charge in [-0.05, 0) is 60.5 Å². The predicted octanol–water partition coefficient (Wildman–Crippen LogP) is 7.00. The van der Waals surface area contributed by atoms with Gasteiger partial charge >= 0.3 is 0 Å². The van der Waals surface area contributed by atoms with Gasteiger partial charge in [0.25, 0.3) is 5.91 Å². The van der Waals surface area contributed by atoms with Crippen molar-refractivity contribution >= 4 is 56.0 Å². The van der Waals surface area contributed by atoms with Crippen LogP contribution in [0.15, 0.2) is 65.8 Å². The molecule has 1 amide bonds. The number of pyridine rings is 1. The highest BCUT2D eigenvalue weighted by molar-refractivity contribution is 7.99. The monoisotopic (exact) mass is 467 g/mol. The van der Waals surface area contributed by atoms with Crippen molar-refractivity contribution in [2.75, 3.05) is 4.90 Å². The number of amides is 1. The summed E-state index contributed by atoms with van der Waals surface area (Å²) in [7, 11) is 0. The number of nitrogens with zero attached hydrogens (tertiary/aromatic N) is 3. The maximum atomic E-state index is 13.6. The number of benzene rings is 2. The first-order valence-electron chi connectivity index (χ1n) is 9.95. The Labute approximate surface area is 195 Å². The lowest BCUT2D eigenvalue weighted by Gasteiger charge is -2.20. The third kappa shape index (κ3) is 4.92. The third-order valence-corrected chi connectivity index (χ3v) is 7.22. The number of hydrogen-bond donors (Lipinski definition) is 0. The van der Waals surface area contributed by atoms with Gasteiger partial charge in [0.2, 0.25) is 0 Å². The molecule has 0 saturated carbocycles. The average molecular weight is 468 g/mol. The minimum atomic E-state index is -0.0900. The summed E-state index contributed by atoms with van der Waals surface area (Å²) in [6.45, 7) is 6.65. The van der Waals surface area contributed by atoms with Gasteiger partial charge in [-0.1, -0.05) is 42.9 Å². The zero-order chi connectivity index (χ0) is 22.0.